The van der Waals surface area contributed by atoms with E-state index in [4.69, 9.17) is 9.47 Å². The molecule has 0 amide bonds. The predicted molar refractivity (Wildman–Crippen MR) is 120 cm³/mol. The molecule has 2 saturated heterocycles. The first kappa shape index (κ1) is 22.5. The average molecular weight is 443 g/mol. The fourth-order valence-electron chi connectivity index (χ4n) is 4.82. The van der Waals surface area contributed by atoms with Crippen LogP contribution in [0.1, 0.15) is 61.7 Å². The number of carbonyl (C=O) groups excluding carboxylic acids is 1. The Morgan fingerprint density at radius 3 is 2.81 bits per heavy atom. The summed E-state index contributed by atoms with van der Waals surface area (Å²) >= 11 is 0. The van der Waals surface area contributed by atoms with E-state index >= 15 is 0 Å². The molecule has 4 rings (SSSR count). The quantitative estimate of drug-likeness (QED) is 0.700. The van der Waals surface area contributed by atoms with E-state index in [0.29, 0.717) is 11.6 Å². The summed E-state index contributed by atoms with van der Waals surface area (Å²) in [5.74, 6) is 0.128. The van der Waals surface area contributed by atoms with Crippen LogP contribution in [0.15, 0.2) is 30.7 Å². The number of benzene rings is 1. The maximum Gasteiger partial charge on any atom is 0.341 e. The highest BCUT2D eigenvalue weighted by Crippen LogP contribution is 2.36. The molecular weight excluding hydrogens is 411 g/mol. The van der Waals surface area contributed by atoms with Crippen molar-refractivity contribution in [2.45, 2.75) is 56.9 Å². The van der Waals surface area contributed by atoms with Crippen LogP contribution in [0, 0.1) is 5.82 Å². The van der Waals surface area contributed by atoms with Gasteiger partial charge in [-0.15, -0.1) is 0 Å². The molecule has 0 radical (unpaired) electrons. The molecule has 7 nitrogen and oxygen atoms in total. The number of nitrogens with one attached hydrogen (secondary N) is 1. The third-order valence-electron chi connectivity index (χ3n) is 6.43. The topological polar surface area (TPSA) is 76.6 Å². The lowest BCUT2D eigenvalue weighted by atomic mass is 9.84. The average Bonchev–Trinajstić information content (AvgIpc) is 2.92. The van der Waals surface area contributed by atoms with Gasteiger partial charge in [-0.1, -0.05) is 25.7 Å². The number of carbonyl (C=O) groups is 1. The number of nitrogens with zero attached hydrogens (tertiary/aromatic N) is 3. The van der Waals surface area contributed by atoms with Gasteiger partial charge in [0.1, 0.15) is 23.5 Å². The zero-order valence-electron chi connectivity index (χ0n) is 18.6. The minimum Gasteiger partial charge on any atom is -0.465 e. The summed E-state index contributed by atoms with van der Waals surface area (Å²) in [6.07, 6.45) is 12.8. The van der Waals surface area contributed by atoms with Crippen LogP contribution in [0.4, 0.5) is 10.2 Å². The summed E-state index contributed by atoms with van der Waals surface area (Å²) in [7, 11) is 1.26. The number of hydrogen-bond acceptors (Lipinski definition) is 7. The molecule has 1 spiro atoms. The van der Waals surface area contributed by atoms with E-state index in [9.17, 15) is 9.18 Å². The lowest BCUT2D eigenvalue weighted by Gasteiger charge is -2.44. The second-order valence-electron chi connectivity index (χ2n) is 8.69. The van der Waals surface area contributed by atoms with Crippen molar-refractivity contribution < 1.29 is 18.7 Å². The molecule has 8 heteroatoms. The molecule has 172 valence electrons. The van der Waals surface area contributed by atoms with E-state index in [2.05, 4.69) is 20.2 Å². The lowest BCUT2D eigenvalue weighted by molar-refractivity contribution is 0.0597. The summed E-state index contributed by atoms with van der Waals surface area (Å²) in [6.45, 7) is 2.75. The monoisotopic (exact) mass is 442 g/mol. The number of hydrogen-bond donors (Lipinski definition) is 1. The number of halogens is 1. The van der Waals surface area contributed by atoms with Crippen LogP contribution in [0.2, 0.25) is 0 Å². The molecule has 1 atom stereocenters. The van der Waals surface area contributed by atoms with Crippen molar-refractivity contribution in [3.8, 4) is 11.5 Å². The van der Waals surface area contributed by atoms with Crippen LogP contribution in [0.25, 0.3) is 0 Å². The van der Waals surface area contributed by atoms with Crippen molar-refractivity contribution in [3.63, 3.8) is 0 Å². The van der Waals surface area contributed by atoms with Gasteiger partial charge < -0.3 is 19.7 Å². The Kier molecular flexibility index (Phi) is 7.19. The summed E-state index contributed by atoms with van der Waals surface area (Å²) in [5, 5.41) is 3.85. The van der Waals surface area contributed by atoms with E-state index in [-0.39, 0.29) is 16.9 Å². The lowest BCUT2D eigenvalue weighted by Crippen LogP contribution is -2.57. The van der Waals surface area contributed by atoms with Gasteiger partial charge in [-0.05, 0) is 50.4 Å². The molecule has 2 fully saturated rings. The van der Waals surface area contributed by atoms with Gasteiger partial charge in [-0.2, -0.15) is 0 Å². The fourth-order valence-corrected chi connectivity index (χ4v) is 4.82. The van der Waals surface area contributed by atoms with Crippen molar-refractivity contribution in [2.24, 2.45) is 0 Å². The molecule has 0 aliphatic carbocycles. The maximum atomic E-state index is 13.7. The number of esters is 1. The van der Waals surface area contributed by atoms with Crippen molar-refractivity contribution in [2.75, 3.05) is 31.6 Å². The maximum absolute atomic E-state index is 13.7. The molecule has 1 N–H and O–H groups in total. The minimum absolute atomic E-state index is 0.0235. The fraction of sp³-hybridized carbons (Fsp3) is 0.542. The van der Waals surface area contributed by atoms with E-state index in [1.165, 1.54) is 57.7 Å². The molecule has 0 saturated carbocycles. The Morgan fingerprint density at radius 2 is 1.94 bits per heavy atom. The SMILES string of the molecule is COC(=O)c1cc(F)ccc1Oc1cncnc1N1CCCC2(CCCCCCCN2)C1. The molecule has 32 heavy (non-hydrogen) atoms. The van der Waals surface area contributed by atoms with Crippen molar-refractivity contribution in [3.05, 3.63) is 42.1 Å². The highest BCUT2D eigenvalue weighted by atomic mass is 19.1. The van der Waals surface area contributed by atoms with Crippen LogP contribution in [-0.2, 0) is 4.74 Å². The minimum atomic E-state index is -0.662. The zero-order valence-corrected chi connectivity index (χ0v) is 18.6. The Balaban J connectivity index is 1.59. The molecular formula is C24H31FN4O3. The molecule has 1 aromatic heterocycles. The van der Waals surface area contributed by atoms with E-state index < -0.39 is 11.8 Å². The van der Waals surface area contributed by atoms with E-state index in [1.54, 1.807) is 6.20 Å². The molecule has 1 unspecified atom stereocenters. The van der Waals surface area contributed by atoms with Gasteiger partial charge in [0, 0.05) is 18.6 Å². The van der Waals surface area contributed by atoms with Crippen molar-refractivity contribution in [1.82, 2.24) is 15.3 Å². The summed E-state index contributed by atoms with van der Waals surface area (Å²) in [6, 6.07) is 3.79. The highest BCUT2D eigenvalue weighted by Gasteiger charge is 2.36. The largest absolute Gasteiger partial charge is 0.465 e. The third-order valence-corrected chi connectivity index (χ3v) is 6.43. The first-order valence-corrected chi connectivity index (χ1v) is 11.5. The summed E-state index contributed by atoms with van der Waals surface area (Å²) in [4.78, 5) is 23.0. The third kappa shape index (κ3) is 5.18. The Labute approximate surface area is 188 Å². The normalized spacial score (nSPS) is 22.0. The van der Waals surface area contributed by atoms with Gasteiger partial charge in [0.25, 0.3) is 0 Å². The smallest absolute Gasteiger partial charge is 0.341 e. The van der Waals surface area contributed by atoms with Crippen LogP contribution < -0.4 is 15.0 Å². The van der Waals surface area contributed by atoms with Crippen molar-refractivity contribution >= 4 is 11.8 Å². The summed E-state index contributed by atoms with van der Waals surface area (Å²) in [5.41, 5.74) is 0.0908. The second-order valence-corrected chi connectivity index (χ2v) is 8.69. The Hall–Kier alpha value is -2.74. The number of methoxy groups -OCH3 is 1. The standard InChI is InChI=1S/C24H31FN4O3/c1-31-23(30)19-14-18(25)8-9-20(19)32-21-15-26-17-27-22(21)29-13-7-11-24(16-29)10-5-3-2-4-6-12-28-24/h8-9,14-15,17,28H,2-7,10-13,16H2,1H3. The summed E-state index contributed by atoms with van der Waals surface area (Å²) < 4.78 is 24.6. The van der Waals surface area contributed by atoms with Crippen molar-refractivity contribution in [1.29, 1.82) is 0 Å². The second kappa shape index (κ2) is 10.3. The molecule has 1 aromatic carbocycles. The van der Waals surface area contributed by atoms with Gasteiger partial charge >= 0.3 is 5.97 Å². The zero-order chi connectivity index (χ0) is 22.4. The van der Waals surface area contributed by atoms with E-state index in [1.807, 2.05) is 0 Å². The van der Waals surface area contributed by atoms with Crippen LogP contribution in [0.3, 0.4) is 0 Å². The van der Waals surface area contributed by atoms with E-state index in [0.717, 1.165) is 45.0 Å². The van der Waals surface area contributed by atoms with Gasteiger partial charge in [0.15, 0.2) is 11.6 Å². The molecule has 2 aromatic rings. The number of piperidine rings is 1. The first-order valence-electron chi connectivity index (χ1n) is 11.5. The number of ether oxygens (including phenoxy) is 2. The number of rotatable bonds is 4. The molecule has 0 bridgehead atoms. The Morgan fingerprint density at radius 1 is 1.12 bits per heavy atom. The molecule has 2 aliphatic rings. The van der Waals surface area contributed by atoms with Gasteiger partial charge in [0.05, 0.1) is 13.3 Å². The number of anilines is 1. The molecule has 3 heterocycles. The number of aromatic nitrogens is 2. The molecule has 2 aliphatic heterocycles. The van der Waals surface area contributed by atoms with Crippen LogP contribution >= 0.6 is 0 Å². The first-order chi connectivity index (χ1) is 15.6. The predicted octanol–water partition coefficient (Wildman–Crippen LogP) is 4.48. The highest BCUT2D eigenvalue weighted by molar-refractivity contribution is 5.92. The van der Waals surface area contributed by atoms with Gasteiger partial charge in [-0.3, -0.25) is 0 Å². The van der Waals surface area contributed by atoms with Crippen LogP contribution in [0.5, 0.6) is 11.5 Å². The van der Waals surface area contributed by atoms with Crippen LogP contribution in [-0.4, -0.2) is 48.2 Å². The Bertz CT molecular complexity index is 929. The van der Waals surface area contributed by atoms with Gasteiger partial charge in [-0.25, -0.2) is 19.2 Å². The van der Waals surface area contributed by atoms with Gasteiger partial charge in [0.2, 0.25) is 0 Å².